The Bertz CT molecular complexity index is 543. The highest BCUT2D eigenvalue weighted by atomic mass is 35.5. The number of carbonyl (C=O) groups excluding carboxylic acids is 1. The van der Waals surface area contributed by atoms with Crippen molar-refractivity contribution in [2.75, 3.05) is 6.54 Å². The minimum absolute atomic E-state index is 0. The van der Waals surface area contributed by atoms with Crippen molar-refractivity contribution in [1.82, 2.24) is 20.1 Å². The van der Waals surface area contributed by atoms with E-state index in [0.29, 0.717) is 19.5 Å². The molecule has 144 valence electrons. The molecule has 6 nitrogen and oxygen atoms in total. The molecule has 8 heteroatoms. The zero-order valence-electron chi connectivity index (χ0n) is 14.8. The molecule has 1 fully saturated rings. The van der Waals surface area contributed by atoms with Crippen LogP contribution in [0.3, 0.4) is 0 Å². The second kappa shape index (κ2) is 10.3. The second-order valence-electron chi connectivity index (χ2n) is 7.21. The molecular weight excluding hydrogens is 361 g/mol. The summed E-state index contributed by atoms with van der Waals surface area (Å²) in [4.78, 5) is 12.4. The number of nitrogens with two attached hydrogens (primary N) is 1. The molecule has 1 aliphatic carbocycles. The van der Waals surface area contributed by atoms with E-state index in [2.05, 4.69) is 20.1 Å². The van der Waals surface area contributed by atoms with Gasteiger partial charge >= 0.3 is 0 Å². The molecule has 0 unspecified atom stereocenters. The number of hydrogen-bond donors (Lipinski definition) is 2. The Morgan fingerprint density at radius 3 is 2.52 bits per heavy atom. The Labute approximate surface area is 162 Å². The largest absolute Gasteiger partial charge is 0.349 e. The molecule has 0 bridgehead atoms. The Morgan fingerprint density at radius 1 is 1.08 bits per heavy atom. The highest BCUT2D eigenvalue weighted by molar-refractivity contribution is 5.85. The van der Waals surface area contributed by atoms with E-state index >= 15 is 0 Å². The van der Waals surface area contributed by atoms with Gasteiger partial charge in [-0.3, -0.25) is 4.79 Å². The van der Waals surface area contributed by atoms with Crippen molar-refractivity contribution in [2.45, 2.75) is 77.3 Å². The summed E-state index contributed by atoms with van der Waals surface area (Å²) in [5.41, 5.74) is 6.00. The third-order valence-electron chi connectivity index (χ3n) is 5.51. The van der Waals surface area contributed by atoms with Crippen LogP contribution in [0.4, 0.5) is 0 Å². The van der Waals surface area contributed by atoms with Gasteiger partial charge in [0.25, 0.3) is 0 Å². The lowest BCUT2D eigenvalue weighted by atomic mass is 9.71. The zero-order valence-corrected chi connectivity index (χ0v) is 16.5. The molecule has 0 atom stereocenters. The number of carbonyl (C=O) groups is 1. The van der Waals surface area contributed by atoms with Crippen molar-refractivity contribution in [3.8, 4) is 0 Å². The van der Waals surface area contributed by atoms with Crippen LogP contribution in [0, 0.1) is 5.41 Å². The van der Waals surface area contributed by atoms with Gasteiger partial charge in [-0.1, -0.05) is 25.7 Å². The summed E-state index contributed by atoms with van der Waals surface area (Å²) >= 11 is 0. The van der Waals surface area contributed by atoms with E-state index in [4.69, 9.17) is 5.73 Å². The topological polar surface area (TPSA) is 85.8 Å². The minimum Gasteiger partial charge on any atom is -0.349 e. The van der Waals surface area contributed by atoms with Crippen LogP contribution in [0.15, 0.2) is 0 Å². The highest BCUT2D eigenvalue weighted by Crippen LogP contribution is 2.38. The standard InChI is InChI=1S/C17H29N5O.2ClH/c18-13-17(8-4-2-5-9-17)11-16(23)19-12-15-21-20-14-7-3-1-6-10-22(14)15;;/h1-13,18H2,(H,19,23);2*1H. The number of aromatic nitrogens is 3. The maximum absolute atomic E-state index is 12.4. The number of aryl methyl sites for hydroxylation is 1. The summed E-state index contributed by atoms with van der Waals surface area (Å²) in [6, 6.07) is 0. The average Bonchev–Trinajstić information content (AvgIpc) is 2.80. The summed E-state index contributed by atoms with van der Waals surface area (Å²) < 4.78 is 2.19. The zero-order chi connectivity index (χ0) is 16.1. The molecule has 0 aromatic carbocycles. The second-order valence-corrected chi connectivity index (χ2v) is 7.21. The SMILES string of the molecule is Cl.Cl.NCC1(CC(=O)NCc2nnc3n2CCCCC3)CCCCC1. The van der Waals surface area contributed by atoms with Gasteiger partial charge in [-0.05, 0) is 37.6 Å². The van der Waals surface area contributed by atoms with Gasteiger partial charge in [0.2, 0.25) is 5.91 Å². The summed E-state index contributed by atoms with van der Waals surface area (Å²) in [6.45, 7) is 2.06. The number of amides is 1. The minimum atomic E-state index is 0. The average molecular weight is 392 g/mol. The molecule has 1 aromatic rings. The van der Waals surface area contributed by atoms with Crippen molar-refractivity contribution in [1.29, 1.82) is 0 Å². The number of nitrogens with one attached hydrogen (secondary N) is 1. The molecule has 3 rings (SSSR count). The van der Waals surface area contributed by atoms with E-state index < -0.39 is 0 Å². The van der Waals surface area contributed by atoms with Crippen LogP contribution in [-0.4, -0.2) is 27.2 Å². The van der Waals surface area contributed by atoms with Gasteiger partial charge in [0.15, 0.2) is 5.82 Å². The highest BCUT2D eigenvalue weighted by Gasteiger charge is 2.33. The fourth-order valence-corrected chi connectivity index (χ4v) is 4.01. The van der Waals surface area contributed by atoms with Gasteiger partial charge in [-0.25, -0.2) is 0 Å². The monoisotopic (exact) mass is 391 g/mol. The molecule has 1 aliphatic heterocycles. The molecule has 3 N–H and O–H groups in total. The van der Waals surface area contributed by atoms with Crippen LogP contribution in [0.2, 0.25) is 0 Å². The molecule has 25 heavy (non-hydrogen) atoms. The molecule has 2 heterocycles. The summed E-state index contributed by atoms with van der Waals surface area (Å²) in [5.74, 6) is 2.06. The fourth-order valence-electron chi connectivity index (χ4n) is 4.01. The summed E-state index contributed by atoms with van der Waals surface area (Å²) in [6.07, 6.45) is 11.0. The molecule has 1 saturated carbocycles. The molecule has 0 spiro atoms. The summed E-state index contributed by atoms with van der Waals surface area (Å²) in [5, 5.41) is 11.6. The van der Waals surface area contributed by atoms with E-state index in [0.717, 1.165) is 37.5 Å². The van der Waals surface area contributed by atoms with Crippen LogP contribution >= 0.6 is 24.8 Å². The van der Waals surface area contributed by atoms with E-state index in [1.54, 1.807) is 0 Å². The molecule has 0 saturated heterocycles. The van der Waals surface area contributed by atoms with E-state index in [-0.39, 0.29) is 36.1 Å². The van der Waals surface area contributed by atoms with Gasteiger partial charge in [0, 0.05) is 19.4 Å². The van der Waals surface area contributed by atoms with Crippen LogP contribution < -0.4 is 11.1 Å². The van der Waals surface area contributed by atoms with Gasteiger partial charge in [0.1, 0.15) is 5.82 Å². The third-order valence-corrected chi connectivity index (χ3v) is 5.51. The van der Waals surface area contributed by atoms with Crippen molar-refractivity contribution in [3.63, 3.8) is 0 Å². The number of fused-ring (bicyclic) bond motifs is 1. The maximum Gasteiger partial charge on any atom is 0.220 e. The van der Waals surface area contributed by atoms with Gasteiger partial charge in [0.05, 0.1) is 6.54 Å². The Hall–Kier alpha value is -0.850. The Morgan fingerprint density at radius 2 is 1.80 bits per heavy atom. The molecular formula is C17H31Cl2N5O. The normalized spacial score (nSPS) is 18.9. The number of hydrogen-bond acceptors (Lipinski definition) is 4. The molecule has 1 aromatic heterocycles. The predicted molar refractivity (Wildman–Crippen MR) is 103 cm³/mol. The first-order valence-corrected chi connectivity index (χ1v) is 9.10. The van der Waals surface area contributed by atoms with E-state index in [9.17, 15) is 4.79 Å². The first-order chi connectivity index (χ1) is 11.2. The van der Waals surface area contributed by atoms with Crippen LogP contribution in [0.25, 0.3) is 0 Å². The number of rotatable bonds is 5. The fraction of sp³-hybridized carbons (Fsp3) is 0.824. The first kappa shape index (κ1) is 22.2. The molecule has 2 aliphatic rings. The lowest BCUT2D eigenvalue weighted by Crippen LogP contribution is -2.38. The van der Waals surface area contributed by atoms with Crippen molar-refractivity contribution in [2.24, 2.45) is 11.1 Å². The van der Waals surface area contributed by atoms with Crippen molar-refractivity contribution < 1.29 is 4.79 Å². The van der Waals surface area contributed by atoms with Gasteiger partial charge in [-0.2, -0.15) is 0 Å². The summed E-state index contributed by atoms with van der Waals surface area (Å²) in [7, 11) is 0. The molecule has 1 amide bonds. The van der Waals surface area contributed by atoms with Crippen molar-refractivity contribution in [3.05, 3.63) is 11.6 Å². The van der Waals surface area contributed by atoms with E-state index in [1.807, 2.05) is 0 Å². The lowest BCUT2D eigenvalue weighted by Gasteiger charge is -2.35. The predicted octanol–water partition coefficient (Wildman–Crippen LogP) is 2.76. The third kappa shape index (κ3) is 5.56. The maximum atomic E-state index is 12.4. The smallest absolute Gasteiger partial charge is 0.220 e. The van der Waals surface area contributed by atoms with Crippen LogP contribution in [0.1, 0.15) is 69.4 Å². The molecule has 0 radical (unpaired) electrons. The number of nitrogens with zero attached hydrogens (tertiary/aromatic N) is 3. The lowest BCUT2D eigenvalue weighted by molar-refractivity contribution is -0.124. The van der Waals surface area contributed by atoms with E-state index in [1.165, 1.54) is 38.5 Å². The Balaban J connectivity index is 0.00000156. The van der Waals surface area contributed by atoms with Crippen LogP contribution in [-0.2, 0) is 24.3 Å². The Kier molecular flexibility index (Phi) is 9.17. The van der Waals surface area contributed by atoms with Crippen molar-refractivity contribution >= 4 is 30.7 Å². The van der Waals surface area contributed by atoms with Crippen LogP contribution in [0.5, 0.6) is 0 Å². The van der Waals surface area contributed by atoms with Gasteiger partial charge in [-0.15, -0.1) is 35.0 Å². The van der Waals surface area contributed by atoms with Gasteiger partial charge < -0.3 is 15.6 Å². The number of halogens is 2. The quantitative estimate of drug-likeness (QED) is 0.807. The first-order valence-electron chi connectivity index (χ1n) is 9.10.